The van der Waals surface area contributed by atoms with Crippen LogP contribution in [-0.4, -0.2) is 11.3 Å². The van der Waals surface area contributed by atoms with Gasteiger partial charge in [0.15, 0.2) is 11.9 Å². The molecule has 116 valence electrons. The summed E-state index contributed by atoms with van der Waals surface area (Å²) in [5.74, 6) is 0.467. The summed E-state index contributed by atoms with van der Waals surface area (Å²) in [5.41, 5.74) is 2.78. The van der Waals surface area contributed by atoms with Crippen molar-refractivity contribution < 1.29 is 9.21 Å². The highest BCUT2D eigenvalue weighted by atomic mass is 32.2. The number of hydrogen-bond acceptors (Lipinski definition) is 4. The Kier molecular flexibility index (Phi) is 3.89. The number of carbonyl (C=O) groups excluding carboxylic acids is 1. The number of benzene rings is 3. The zero-order valence-electron chi connectivity index (χ0n) is 12.7. The first kappa shape index (κ1) is 14.7. The molecule has 0 fully saturated rings. The van der Waals surface area contributed by atoms with Gasteiger partial charge in [-0.15, -0.1) is 0 Å². The number of oxazole rings is 1. The highest BCUT2D eigenvalue weighted by Crippen LogP contribution is 2.32. The molecule has 1 aromatic heterocycles. The SMILES string of the molecule is O=Cc1ccccc1-c1nc2cc(Sc3ccccc3)ccc2o1. The minimum atomic E-state index is 0.467. The summed E-state index contributed by atoms with van der Waals surface area (Å²) in [4.78, 5) is 18.0. The smallest absolute Gasteiger partial charge is 0.228 e. The van der Waals surface area contributed by atoms with E-state index in [1.807, 2.05) is 54.6 Å². The maximum atomic E-state index is 11.2. The van der Waals surface area contributed by atoms with E-state index >= 15 is 0 Å². The maximum Gasteiger partial charge on any atom is 0.228 e. The molecule has 0 saturated carbocycles. The second-order valence-corrected chi connectivity index (χ2v) is 6.42. The third kappa shape index (κ3) is 2.84. The minimum absolute atomic E-state index is 0.467. The zero-order chi connectivity index (χ0) is 16.4. The molecule has 3 aromatic carbocycles. The van der Waals surface area contributed by atoms with Crippen molar-refractivity contribution in [2.24, 2.45) is 0 Å². The zero-order valence-corrected chi connectivity index (χ0v) is 13.5. The summed E-state index contributed by atoms with van der Waals surface area (Å²) in [5, 5.41) is 0. The molecule has 0 amide bonds. The van der Waals surface area contributed by atoms with Crippen molar-refractivity contribution in [2.75, 3.05) is 0 Å². The van der Waals surface area contributed by atoms with Crippen LogP contribution in [0.3, 0.4) is 0 Å². The van der Waals surface area contributed by atoms with E-state index in [1.54, 1.807) is 17.8 Å². The Bertz CT molecular complexity index is 1010. The monoisotopic (exact) mass is 331 g/mol. The second-order valence-electron chi connectivity index (χ2n) is 5.27. The first-order chi connectivity index (χ1) is 11.8. The predicted octanol–water partition coefficient (Wildman–Crippen LogP) is 5.46. The molecule has 0 aliphatic carbocycles. The van der Waals surface area contributed by atoms with Crippen molar-refractivity contribution in [3.63, 3.8) is 0 Å². The molecule has 0 aliphatic rings. The molecular weight excluding hydrogens is 318 g/mol. The first-order valence-electron chi connectivity index (χ1n) is 7.51. The number of carbonyl (C=O) groups is 1. The Labute approximate surface area is 143 Å². The number of hydrogen-bond donors (Lipinski definition) is 0. The Hall–Kier alpha value is -2.85. The van der Waals surface area contributed by atoms with Crippen molar-refractivity contribution in [3.8, 4) is 11.5 Å². The predicted molar refractivity (Wildman–Crippen MR) is 95.4 cm³/mol. The highest BCUT2D eigenvalue weighted by Gasteiger charge is 2.12. The molecule has 4 aromatic rings. The average molecular weight is 331 g/mol. The lowest BCUT2D eigenvalue weighted by Crippen LogP contribution is -1.86. The lowest BCUT2D eigenvalue weighted by molar-refractivity contribution is 0.112. The quantitative estimate of drug-likeness (QED) is 0.466. The molecule has 0 spiro atoms. The lowest BCUT2D eigenvalue weighted by atomic mass is 10.1. The van der Waals surface area contributed by atoms with Gasteiger partial charge in [-0.25, -0.2) is 4.98 Å². The number of aromatic nitrogens is 1. The fourth-order valence-corrected chi connectivity index (χ4v) is 3.38. The van der Waals surface area contributed by atoms with E-state index in [0.717, 1.165) is 16.7 Å². The molecule has 4 heteroatoms. The third-order valence-corrected chi connectivity index (χ3v) is 4.65. The van der Waals surface area contributed by atoms with Gasteiger partial charge in [0, 0.05) is 20.9 Å². The van der Waals surface area contributed by atoms with Crippen LogP contribution in [0, 0.1) is 0 Å². The lowest BCUT2D eigenvalue weighted by Gasteiger charge is -2.00. The van der Waals surface area contributed by atoms with E-state index in [1.165, 1.54) is 4.90 Å². The summed E-state index contributed by atoms with van der Waals surface area (Å²) in [7, 11) is 0. The van der Waals surface area contributed by atoms with Crippen LogP contribution in [-0.2, 0) is 0 Å². The fourth-order valence-electron chi connectivity index (χ4n) is 2.51. The van der Waals surface area contributed by atoms with Gasteiger partial charge in [-0.05, 0) is 36.4 Å². The summed E-state index contributed by atoms with van der Waals surface area (Å²) in [6, 6.07) is 23.4. The normalized spacial score (nSPS) is 10.8. The van der Waals surface area contributed by atoms with Crippen molar-refractivity contribution in [1.29, 1.82) is 0 Å². The molecule has 0 saturated heterocycles. The summed E-state index contributed by atoms with van der Waals surface area (Å²) in [6.45, 7) is 0. The second kappa shape index (κ2) is 6.34. The minimum Gasteiger partial charge on any atom is -0.436 e. The van der Waals surface area contributed by atoms with Gasteiger partial charge in [0.05, 0.1) is 0 Å². The van der Waals surface area contributed by atoms with Gasteiger partial charge in [-0.2, -0.15) is 0 Å². The standard InChI is InChI=1S/C20H13NO2S/c22-13-14-6-4-5-9-17(14)20-21-18-12-16(10-11-19(18)23-20)24-15-7-2-1-3-8-15/h1-13H. The number of aldehydes is 1. The highest BCUT2D eigenvalue weighted by molar-refractivity contribution is 7.99. The first-order valence-corrected chi connectivity index (χ1v) is 8.33. The summed E-state index contributed by atoms with van der Waals surface area (Å²) >= 11 is 1.68. The third-order valence-electron chi connectivity index (χ3n) is 3.66. The number of nitrogens with zero attached hydrogens (tertiary/aromatic N) is 1. The molecule has 0 atom stereocenters. The van der Waals surface area contributed by atoms with Crippen LogP contribution in [0.4, 0.5) is 0 Å². The molecule has 0 bridgehead atoms. The molecule has 3 nitrogen and oxygen atoms in total. The number of fused-ring (bicyclic) bond motifs is 1. The van der Waals surface area contributed by atoms with Gasteiger partial charge < -0.3 is 4.42 Å². The Balaban J connectivity index is 1.72. The molecule has 0 unspecified atom stereocenters. The van der Waals surface area contributed by atoms with E-state index in [2.05, 4.69) is 17.1 Å². The molecule has 4 rings (SSSR count). The van der Waals surface area contributed by atoms with Crippen LogP contribution >= 0.6 is 11.8 Å². The Morgan fingerprint density at radius 3 is 2.50 bits per heavy atom. The summed E-state index contributed by atoms with van der Waals surface area (Å²) < 4.78 is 5.82. The van der Waals surface area contributed by atoms with Gasteiger partial charge in [-0.1, -0.05) is 48.2 Å². The topological polar surface area (TPSA) is 43.1 Å². The van der Waals surface area contributed by atoms with Crippen LogP contribution in [0.5, 0.6) is 0 Å². The molecule has 24 heavy (non-hydrogen) atoms. The number of rotatable bonds is 4. The summed E-state index contributed by atoms with van der Waals surface area (Å²) in [6.07, 6.45) is 0.820. The van der Waals surface area contributed by atoms with E-state index in [-0.39, 0.29) is 0 Å². The van der Waals surface area contributed by atoms with Crippen LogP contribution in [0.2, 0.25) is 0 Å². The Morgan fingerprint density at radius 2 is 1.67 bits per heavy atom. The molecule has 0 N–H and O–H groups in total. The van der Waals surface area contributed by atoms with Crippen molar-refractivity contribution in [2.45, 2.75) is 9.79 Å². The maximum absolute atomic E-state index is 11.2. The molecule has 0 radical (unpaired) electrons. The van der Waals surface area contributed by atoms with Gasteiger partial charge in [0.2, 0.25) is 5.89 Å². The molecule has 1 heterocycles. The van der Waals surface area contributed by atoms with Gasteiger partial charge in [0.1, 0.15) is 5.52 Å². The van der Waals surface area contributed by atoms with Crippen LogP contribution in [0.1, 0.15) is 10.4 Å². The fraction of sp³-hybridized carbons (Fsp3) is 0. The molecular formula is C20H13NO2S. The van der Waals surface area contributed by atoms with Gasteiger partial charge >= 0.3 is 0 Å². The van der Waals surface area contributed by atoms with Crippen LogP contribution < -0.4 is 0 Å². The van der Waals surface area contributed by atoms with Gasteiger partial charge in [0.25, 0.3) is 0 Å². The van der Waals surface area contributed by atoms with E-state index in [4.69, 9.17) is 4.42 Å². The molecule has 0 aliphatic heterocycles. The van der Waals surface area contributed by atoms with E-state index < -0.39 is 0 Å². The van der Waals surface area contributed by atoms with Gasteiger partial charge in [-0.3, -0.25) is 4.79 Å². The average Bonchev–Trinajstić information content (AvgIpc) is 3.05. The van der Waals surface area contributed by atoms with Crippen molar-refractivity contribution in [1.82, 2.24) is 4.98 Å². The van der Waals surface area contributed by atoms with Crippen molar-refractivity contribution in [3.05, 3.63) is 78.4 Å². The van der Waals surface area contributed by atoms with E-state index in [0.29, 0.717) is 22.6 Å². The Morgan fingerprint density at radius 1 is 0.875 bits per heavy atom. The van der Waals surface area contributed by atoms with Crippen LogP contribution in [0.15, 0.2) is 87.0 Å². The van der Waals surface area contributed by atoms with Crippen LogP contribution in [0.25, 0.3) is 22.6 Å². The van der Waals surface area contributed by atoms with Crippen molar-refractivity contribution >= 4 is 29.1 Å². The largest absolute Gasteiger partial charge is 0.436 e. The van der Waals surface area contributed by atoms with E-state index in [9.17, 15) is 4.79 Å².